The van der Waals surface area contributed by atoms with Crippen LogP contribution in [-0.2, 0) is 0 Å². The molecule has 0 amide bonds. The summed E-state index contributed by atoms with van der Waals surface area (Å²) in [6, 6.07) is 13.5. The predicted octanol–water partition coefficient (Wildman–Crippen LogP) is 4.42. The van der Waals surface area contributed by atoms with Crippen molar-refractivity contribution in [2.75, 3.05) is 7.11 Å². The van der Waals surface area contributed by atoms with Gasteiger partial charge in [-0.2, -0.15) is 0 Å². The van der Waals surface area contributed by atoms with Crippen LogP contribution in [0.1, 0.15) is 17.3 Å². The topological polar surface area (TPSA) is 70.8 Å². The minimum absolute atomic E-state index is 0.0838. The van der Waals surface area contributed by atoms with E-state index in [0.29, 0.717) is 5.56 Å². The van der Waals surface area contributed by atoms with Crippen LogP contribution in [-0.4, -0.2) is 33.1 Å². The SMILES string of the molecule is COc1ccc2nc(S[C@H](C)C(=O)c3c[nH]c4ccccc34)[nH]c2c1. The smallest absolute Gasteiger partial charge is 0.178 e. The van der Waals surface area contributed by atoms with Gasteiger partial charge in [0.05, 0.1) is 23.4 Å². The van der Waals surface area contributed by atoms with Gasteiger partial charge in [0, 0.05) is 28.7 Å². The number of hydrogen-bond donors (Lipinski definition) is 2. The lowest BCUT2D eigenvalue weighted by Gasteiger charge is -2.07. The number of para-hydroxylation sites is 1. The first-order valence-electron chi connectivity index (χ1n) is 7.96. The molecule has 0 aliphatic rings. The van der Waals surface area contributed by atoms with Crippen molar-refractivity contribution in [2.24, 2.45) is 0 Å². The average molecular weight is 351 g/mol. The number of benzene rings is 2. The van der Waals surface area contributed by atoms with Crippen LogP contribution in [0, 0.1) is 0 Å². The van der Waals surface area contributed by atoms with E-state index < -0.39 is 0 Å². The van der Waals surface area contributed by atoms with E-state index in [9.17, 15) is 4.79 Å². The Morgan fingerprint density at radius 3 is 2.88 bits per heavy atom. The molecule has 4 rings (SSSR count). The molecule has 2 heterocycles. The van der Waals surface area contributed by atoms with Crippen LogP contribution in [0.2, 0.25) is 0 Å². The Morgan fingerprint density at radius 2 is 2.04 bits per heavy atom. The Labute approximate surface area is 148 Å². The molecule has 0 aliphatic heterocycles. The van der Waals surface area contributed by atoms with Gasteiger partial charge in [0.15, 0.2) is 10.9 Å². The largest absolute Gasteiger partial charge is 0.497 e. The third-order valence-corrected chi connectivity index (χ3v) is 5.16. The molecular formula is C19H17N3O2S. The number of thioether (sulfide) groups is 1. The van der Waals surface area contributed by atoms with Crippen LogP contribution in [0.25, 0.3) is 21.9 Å². The maximum absolute atomic E-state index is 12.8. The average Bonchev–Trinajstić information content (AvgIpc) is 3.23. The maximum atomic E-state index is 12.8. The molecule has 25 heavy (non-hydrogen) atoms. The fraction of sp³-hybridized carbons (Fsp3) is 0.158. The lowest BCUT2D eigenvalue weighted by molar-refractivity contribution is 0.0995. The highest BCUT2D eigenvalue weighted by molar-refractivity contribution is 8.00. The first-order chi connectivity index (χ1) is 12.2. The van der Waals surface area contributed by atoms with E-state index >= 15 is 0 Å². The van der Waals surface area contributed by atoms with Crippen molar-refractivity contribution in [2.45, 2.75) is 17.3 Å². The predicted molar refractivity (Wildman–Crippen MR) is 101 cm³/mol. The number of imidazole rings is 1. The van der Waals surface area contributed by atoms with Crippen LogP contribution >= 0.6 is 11.8 Å². The number of rotatable bonds is 5. The van der Waals surface area contributed by atoms with Crippen molar-refractivity contribution in [3.63, 3.8) is 0 Å². The molecule has 0 bridgehead atoms. The Bertz CT molecular complexity index is 1070. The van der Waals surface area contributed by atoms with Gasteiger partial charge in [0.25, 0.3) is 0 Å². The first-order valence-corrected chi connectivity index (χ1v) is 8.84. The quantitative estimate of drug-likeness (QED) is 0.412. The van der Waals surface area contributed by atoms with Gasteiger partial charge < -0.3 is 14.7 Å². The van der Waals surface area contributed by atoms with Gasteiger partial charge in [-0.1, -0.05) is 30.0 Å². The Balaban J connectivity index is 1.59. The summed E-state index contributed by atoms with van der Waals surface area (Å²) in [4.78, 5) is 23.8. The summed E-state index contributed by atoms with van der Waals surface area (Å²) in [5.74, 6) is 0.858. The molecule has 0 spiro atoms. The number of carbonyl (C=O) groups excluding carboxylic acids is 1. The van der Waals surface area contributed by atoms with E-state index in [4.69, 9.17) is 4.74 Å². The summed E-state index contributed by atoms with van der Waals surface area (Å²) in [5.41, 5.74) is 3.44. The first kappa shape index (κ1) is 15.8. The summed E-state index contributed by atoms with van der Waals surface area (Å²) >= 11 is 1.43. The Hall–Kier alpha value is -2.73. The minimum atomic E-state index is -0.248. The summed E-state index contributed by atoms with van der Waals surface area (Å²) < 4.78 is 5.23. The van der Waals surface area contributed by atoms with E-state index in [1.807, 2.05) is 49.4 Å². The molecule has 1 atom stereocenters. The molecule has 5 nitrogen and oxygen atoms in total. The van der Waals surface area contributed by atoms with E-state index in [-0.39, 0.29) is 11.0 Å². The lowest BCUT2D eigenvalue weighted by atomic mass is 10.1. The number of hydrogen-bond acceptors (Lipinski definition) is 4. The molecule has 2 aromatic heterocycles. The van der Waals surface area contributed by atoms with E-state index in [1.165, 1.54) is 11.8 Å². The molecule has 0 radical (unpaired) electrons. The van der Waals surface area contributed by atoms with Crippen molar-refractivity contribution in [3.05, 3.63) is 54.2 Å². The van der Waals surface area contributed by atoms with E-state index in [1.54, 1.807) is 13.3 Å². The Kier molecular flexibility index (Phi) is 3.97. The van der Waals surface area contributed by atoms with Gasteiger partial charge >= 0.3 is 0 Å². The minimum Gasteiger partial charge on any atom is -0.497 e. The number of ketones is 1. The molecular weight excluding hydrogens is 334 g/mol. The maximum Gasteiger partial charge on any atom is 0.178 e. The zero-order valence-electron chi connectivity index (χ0n) is 13.9. The number of nitrogens with zero attached hydrogens (tertiary/aromatic N) is 1. The van der Waals surface area contributed by atoms with Crippen molar-refractivity contribution in [1.29, 1.82) is 0 Å². The van der Waals surface area contributed by atoms with Crippen LogP contribution in [0.15, 0.2) is 53.8 Å². The molecule has 0 saturated heterocycles. The normalized spacial score (nSPS) is 12.6. The number of fused-ring (bicyclic) bond motifs is 2. The monoisotopic (exact) mass is 351 g/mol. The zero-order chi connectivity index (χ0) is 17.4. The molecule has 0 unspecified atom stereocenters. The molecule has 0 saturated carbocycles. The van der Waals surface area contributed by atoms with Gasteiger partial charge in [-0.25, -0.2) is 4.98 Å². The van der Waals surface area contributed by atoms with Gasteiger partial charge in [0.1, 0.15) is 5.75 Å². The number of nitrogens with one attached hydrogen (secondary N) is 2. The van der Waals surface area contributed by atoms with Crippen LogP contribution in [0.3, 0.4) is 0 Å². The van der Waals surface area contributed by atoms with Gasteiger partial charge in [-0.05, 0) is 25.1 Å². The second kappa shape index (κ2) is 6.29. The van der Waals surface area contributed by atoms with E-state index in [0.717, 1.165) is 32.8 Å². The number of Topliss-reactive ketones (excluding diaryl/α,β-unsaturated/α-hetero) is 1. The molecule has 4 aromatic rings. The van der Waals surface area contributed by atoms with Gasteiger partial charge in [0.2, 0.25) is 0 Å². The number of carbonyl (C=O) groups is 1. The van der Waals surface area contributed by atoms with Crippen molar-refractivity contribution in [3.8, 4) is 5.75 Å². The number of H-pyrrole nitrogens is 2. The summed E-state index contributed by atoms with van der Waals surface area (Å²) in [5, 5.41) is 1.43. The molecule has 126 valence electrons. The van der Waals surface area contributed by atoms with Crippen molar-refractivity contribution < 1.29 is 9.53 Å². The molecule has 0 aliphatic carbocycles. The highest BCUT2D eigenvalue weighted by Gasteiger charge is 2.21. The second-order valence-electron chi connectivity index (χ2n) is 5.80. The van der Waals surface area contributed by atoms with Crippen LogP contribution < -0.4 is 4.74 Å². The fourth-order valence-corrected chi connectivity index (χ4v) is 3.75. The van der Waals surface area contributed by atoms with Gasteiger partial charge in [-0.3, -0.25) is 4.79 Å². The third-order valence-electron chi connectivity index (χ3n) is 4.18. The van der Waals surface area contributed by atoms with Crippen molar-refractivity contribution >= 4 is 39.5 Å². The summed E-state index contributed by atoms with van der Waals surface area (Å²) in [7, 11) is 1.63. The van der Waals surface area contributed by atoms with Crippen molar-refractivity contribution in [1.82, 2.24) is 15.0 Å². The molecule has 2 aromatic carbocycles. The van der Waals surface area contributed by atoms with Crippen LogP contribution in [0.5, 0.6) is 5.75 Å². The fourth-order valence-electron chi connectivity index (χ4n) is 2.86. The number of ether oxygens (including phenoxy) is 1. The number of aromatic amines is 2. The zero-order valence-corrected chi connectivity index (χ0v) is 14.7. The third kappa shape index (κ3) is 2.89. The molecule has 6 heteroatoms. The summed E-state index contributed by atoms with van der Waals surface area (Å²) in [6.45, 7) is 1.91. The molecule has 0 fully saturated rings. The highest BCUT2D eigenvalue weighted by atomic mass is 32.2. The second-order valence-corrected chi connectivity index (χ2v) is 7.13. The van der Waals surface area contributed by atoms with E-state index in [2.05, 4.69) is 15.0 Å². The Morgan fingerprint density at radius 1 is 1.20 bits per heavy atom. The highest BCUT2D eigenvalue weighted by Crippen LogP contribution is 2.29. The van der Waals surface area contributed by atoms with Gasteiger partial charge in [-0.15, -0.1) is 0 Å². The number of methoxy groups -OCH3 is 1. The van der Waals surface area contributed by atoms with Crippen LogP contribution in [0.4, 0.5) is 0 Å². The lowest BCUT2D eigenvalue weighted by Crippen LogP contribution is -2.13. The molecule has 2 N–H and O–H groups in total. The summed E-state index contributed by atoms with van der Waals surface area (Å²) in [6.07, 6.45) is 1.79. The standard InChI is InChI=1S/C19H17N3O2S/c1-11(18(23)14-10-20-15-6-4-3-5-13(14)15)25-19-21-16-8-7-12(24-2)9-17(16)22-19/h3-11,20H,1-2H3,(H,21,22)/t11-/m1/s1. The number of aromatic nitrogens is 3.